The maximum absolute atomic E-state index is 11.1. The van der Waals surface area contributed by atoms with E-state index in [1.165, 1.54) is 0 Å². The summed E-state index contributed by atoms with van der Waals surface area (Å²) >= 11 is 0. The van der Waals surface area contributed by atoms with Gasteiger partial charge in [0.05, 0.1) is 12.6 Å². The van der Waals surface area contributed by atoms with Crippen molar-refractivity contribution in [3.05, 3.63) is 23.9 Å². The van der Waals surface area contributed by atoms with Crippen molar-refractivity contribution in [1.29, 1.82) is 0 Å². The Bertz CT molecular complexity index is 405. The number of amides is 1. The highest BCUT2D eigenvalue weighted by atomic mass is 16.3. The predicted octanol–water partition coefficient (Wildman–Crippen LogP) is 1.08. The number of primary amides is 1. The molecule has 0 saturated heterocycles. The molecule has 0 bridgehead atoms. The molecule has 0 spiro atoms. The van der Waals surface area contributed by atoms with Gasteiger partial charge in [0.2, 0.25) is 5.91 Å². The molecule has 1 unspecified atom stereocenters. The van der Waals surface area contributed by atoms with E-state index in [4.69, 9.17) is 5.73 Å². The lowest BCUT2D eigenvalue weighted by Gasteiger charge is -2.24. The van der Waals surface area contributed by atoms with Crippen LogP contribution in [0.3, 0.4) is 0 Å². The Morgan fingerprint density at radius 2 is 2.17 bits per heavy atom. The van der Waals surface area contributed by atoms with Gasteiger partial charge in [-0.25, -0.2) is 4.98 Å². The van der Waals surface area contributed by atoms with Gasteiger partial charge >= 0.3 is 0 Å². The van der Waals surface area contributed by atoms with Crippen molar-refractivity contribution in [2.75, 3.05) is 18.0 Å². The van der Waals surface area contributed by atoms with Gasteiger partial charge in [-0.2, -0.15) is 0 Å². The van der Waals surface area contributed by atoms with Crippen LogP contribution in [-0.4, -0.2) is 29.1 Å². The lowest BCUT2D eigenvalue weighted by molar-refractivity contribution is -0.116. The first-order chi connectivity index (χ1) is 8.40. The number of aliphatic hydroxyl groups excluding tert-OH is 1. The van der Waals surface area contributed by atoms with E-state index in [0.717, 1.165) is 5.56 Å². The molecule has 1 aromatic rings. The quantitative estimate of drug-likeness (QED) is 0.793. The molecule has 1 aromatic heterocycles. The molecule has 0 aliphatic heterocycles. The first-order valence-electron chi connectivity index (χ1n) is 6.07. The molecule has 18 heavy (non-hydrogen) atoms. The largest absolute Gasteiger partial charge is 0.389 e. The van der Waals surface area contributed by atoms with Crippen LogP contribution in [0.1, 0.15) is 32.4 Å². The molecule has 100 valence electrons. The third-order valence-corrected chi connectivity index (χ3v) is 2.51. The normalized spacial score (nSPS) is 12.5. The fraction of sp³-hybridized carbons (Fsp3) is 0.538. The maximum Gasteiger partial charge on any atom is 0.236 e. The van der Waals surface area contributed by atoms with Crippen molar-refractivity contribution in [2.45, 2.75) is 26.9 Å². The third-order valence-electron chi connectivity index (χ3n) is 2.51. The average Bonchev–Trinajstić information content (AvgIpc) is 2.27. The maximum atomic E-state index is 11.1. The highest BCUT2D eigenvalue weighted by molar-refractivity contribution is 5.79. The molecule has 0 aromatic carbocycles. The Balaban J connectivity index is 2.96. The summed E-state index contributed by atoms with van der Waals surface area (Å²) in [6.45, 7) is 6.65. The van der Waals surface area contributed by atoms with Crippen LogP contribution in [0.2, 0.25) is 0 Å². The number of aromatic nitrogens is 1. The molecule has 0 aliphatic rings. The van der Waals surface area contributed by atoms with Crippen LogP contribution in [0.5, 0.6) is 0 Å². The zero-order valence-corrected chi connectivity index (χ0v) is 11.1. The van der Waals surface area contributed by atoms with Crippen molar-refractivity contribution in [3.63, 3.8) is 0 Å². The molecule has 5 heteroatoms. The summed E-state index contributed by atoms with van der Waals surface area (Å²) in [5, 5.41) is 9.56. The zero-order valence-electron chi connectivity index (χ0n) is 11.1. The number of nitrogens with two attached hydrogens (primary N) is 1. The second-order valence-corrected chi connectivity index (χ2v) is 4.86. The van der Waals surface area contributed by atoms with Gasteiger partial charge in [-0.05, 0) is 30.5 Å². The molecule has 0 fully saturated rings. The molecule has 1 rings (SSSR count). The number of anilines is 1. The van der Waals surface area contributed by atoms with Crippen LogP contribution in [0.15, 0.2) is 18.3 Å². The molecular weight excluding hydrogens is 230 g/mol. The first-order valence-corrected chi connectivity index (χ1v) is 6.07. The van der Waals surface area contributed by atoms with Crippen LogP contribution in [-0.2, 0) is 4.79 Å². The summed E-state index contributed by atoms with van der Waals surface area (Å²) in [6, 6.07) is 3.54. The number of rotatable bonds is 6. The van der Waals surface area contributed by atoms with Gasteiger partial charge in [0.1, 0.15) is 5.82 Å². The van der Waals surface area contributed by atoms with Crippen LogP contribution < -0.4 is 10.6 Å². The highest BCUT2D eigenvalue weighted by Crippen LogP contribution is 2.18. The minimum Gasteiger partial charge on any atom is -0.389 e. The number of carbonyl (C=O) groups is 1. The molecule has 0 aliphatic carbocycles. The number of hydrogen-bond acceptors (Lipinski definition) is 4. The number of carbonyl (C=O) groups excluding carboxylic acids is 1. The number of aliphatic hydroxyl groups is 1. The van der Waals surface area contributed by atoms with E-state index in [9.17, 15) is 9.90 Å². The molecule has 1 amide bonds. The summed E-state index contributed by atoms with van der Waals surface area (Å²) in [5.74, 6) is 0.669. The molecule has 0 saturated carbocycles. The molecule has 5 nitrogen and oxygen atoms in total. The average molecular weight is 251 g/mol. The van der Waals surface area contributed by atoms with Gasteiger partial charge in [-0.3, -0.25) is 4.79 Å². The minimum absolute atomic E-state index is 0.133. The fourth-order valence-electron chi connectivity index (χ4n) is 1.73. The van der Waals surface area contributed by atoms with Crippen LogP contribution >= 0.6 is 0 Å². The van der Waals surface area contributed by atoms with E-state index in [1.807, 2.05) is 4.90 Å². The lowest BCUT2D eigenvalue weighted by atomic mass is 10.1. The highest BCUT2D eigenvalue weighted by Gasteiger charge is 2.13. The summed E-state index contributed by atoms with van der Waals surface area (Å²) in [4.78, 5) is 17.2. The first kappa shape index (κ1) is 14.4. The summed E-state index contributed by atoms with van der Waals surface area (Å²) in [7, 11) is 0. The summed E-state index contributed by atoms with van der Waals surface area (Å²) in [6.07, 6.45) is 1.08. The fourth-order valence-corrected chi connectivity index (χ4v) is 1.73. The van der Waals surface area contributed by atoms with Gasteiger partial charge in [0, 0.05) is 12.7 Å². The number of hydrogen-bond donors (Lipinski definition) is 2. The molecule has 1 atom stereocenters. The van der Waals surface area contributed by atoms with Gasteiger partial charge in [0.25, 0.3) is 0 Å². The van der Waals surface area contributed by atoms with Crippen molar-refractivity contribution in [3.8, 4) is 0 Å². The second kappa shape index (κ2) is 6.35. The van der Waals surface area contributed by atoms with Crippen LogP contribution in [0.4, 0.5) is 5.82 Å². The lowest BCUT2D eigenvalue weighted by Crippen LogP contribution is -2.36. The topological polar surface area (TPSA) is 79.5 Å². The van der Waals surface area contributed by atoms with Gasteiger partial charge in [0.15, 0.2) is 0 Å². The Morgan fingerprint density at radius 1 is 1.50 bits per heavy atom. The smallest absolute Gasteiger partial charge is 0.236 e. The van der Waals surface area contributed by atoms with Crippen molar-refractivity contribution < 1.29 is 9.90 Å². The van der Waals surface area contributed by atoms with Gasteiger partial charge in [-0.15, -0.1) is 0 Å². The van der Waals surface area contributed by atoms with Crippen LogP contribution in [0.25, 0.3) is 0 Å². The van der Waals surface area contributed by atoms with Crippen molar-refractivity contribution in [2.24, 2.45) is 11.7 Å². The number of pyridine rings is 1. The minimum atomic E-state index is -0.554. The van der Waals surface area contributed by atoms with Crippen molar-refractivity contribution >= 4 is 11.7 Å². The Hall–Kier alpha value is -1.62. The van der Waals surface area contributed by atoms with Gasteiger partial charge in [-0.1, -0.05) is 13.8 Å². The Morgan fingerprint density at radius 3 is 2.67 bits per heavy atom. The van der Waals surface area contributed by atoms with E-state index in [1.54, 1.807) is 25.3 Å². The van der Waals surface area contributed by atoms with Gasteiger partial charge < -0.3 is 15.7 Å². The standard InChI is InChI=1S/C13H21N3O2/c1-9(2)7-16(8-12(14)18)13-6-11(10(3)17)4-5-15-13/h4-6,9-10,17H,7-8H2,1-3H3,(H2,14,18). The zero-order chi connectivity index (χ0) is 13.7. The number of nitrogens with zero attached hydrogens (tertiary/aromatic N) is 2. The van der Waals surface area contributed by atoms with E-state index in [2.05, 4.69) is 18.8 Å². The molecule has 3 N–H and O–H groups in total. The van der Waals surface area contributed by atoms with Crippen molar-refractivity contribution in [1.82, 2.24) is 4.98 Å². The monoisotopic (exact) mass is 251 g/mol. The third kappa shape index (κ3) is 4.33. The van der Waals surface area contributed by atoms with Crippen LogP contribution in [0, 0.1) is 5.92 Å². The van der Waals surface area contributed by atoms with E-state index in [-0.39, 0.29) is 12.5 Å². The molecular formula is C13H21N3O2. The van der Waals surface area contributed by atoms with E-state index < -0.39 is 6.10 Å². The molecule has 0 radical (unpaired) electrons. The Labute approximate surface area is 108 Å². The summed E-state index contributed by atoms with van der Waals surface area (Å²) < 4.78 is 0. The van der Waals surface area contributed by atoms with E-state index >= 15 is 0 Å². The summed E-state index contributed by atoms with van der Waals surface area (Å²) in [5.41, 5.74) is 6.02. The SMILES string of the molecule is CC(C)CN(CC(N)=O)c1cc(C(C)O)ccn1. The molecule has 1 heterocycles. The van der Waals surface area contributed by atoms with E-state index in [0.29, 0.717) is 18.3 Å². The second-order valence-electron chi connectivity index (χ2n) is 4.86. The Kier molecular flexibility index (Phi) is 5.09. The predicted molar refractivity (Wildman–Crippen MR) is 71.1 cm³/mol.